The second kappa shape index (κ2) is 5.96. The van der Waals surface area contributed by atoms with Gasteiger partial charge in [-0.25, -0.2) is 4.79 Å². The monoisotopic (exact) mass is 156 g/mol. The molecule has 0 heterocycles. The molecule has 11 heavy (non-hydrogen) atoms. The molecular formula is C9H16O2. The van der Waals surface area contributed by atoms with E-state index in [9.17, 15) is 4.79 Å². The van der Waals surface area contributed by atoms with E-state index < -0.39 is 0 Å². The second-order valence-electron chi connectivity index (χ2n) is 2.62. The highest BCUT2D eigenvalue weighted by molar-refractivity contribution is 5.82. The number of carbonyl (C=O) groups is 1. The largest absolute Gasteiger partial charge is 0.466 e. The Labute approximate surface area is 68.2 Å². The molecule has 0 saturated heterocycles. The Hall–Kier alpha value is -0.790. The van der Waals surface area contributed by atoms with Gasteiger partial charge in [0, 0.05) is 6.08 Å². The van der Waals surface area contributed by atoms with Gasteiger partial charge in [0.25, 0.3) is 0 Å². The Morgan fingerprint density at radius 3 is 2.64 bits per heavy atom. The summed E-state index contributed by atoms with van der Waals surface area (Å²) < 4.78 is 4.49. The third-order valence-electron chi connectivity index (χ3n) is 1.49. The molecule has 0 fully saturated rings. The van der Waals surface area contributed by atoms with Crippen molar-refractivity contribution < 1.29 is 9.53 Å². The first-order valence-electron chi connectivity index (χ1n) is 3.95. The lowest BCUT2D eigenvalue weighted by atomic mass is 10.1. The second-order valence-corrected chi connectivity index (χ2v) is 2.62. The molecule has 0 bridgehead atoms. The fourth-order valence-corrected chi connectivity index (χ4v) is 0.788. The van der Waals surface area contributed by atoms with Gasteiger partial charge in [-0.3, -0.25) is 0 Å². The van der Waals surface area contributed by atoms with Crippen LogP contribution in [0.15, 0.2) is 11.6 Å². The highest BCUT2D eigenvalue weighted by Crippen LogP contribution is 2.05. The zero-order valence-electron chi connectivity index (χ0n) is 7.52. The van der Waals surface area contributed by atoms with E-state index in [4.69, 9.17) is 0 Å². The Balaban J connectivity index is 3.70. The molecule has 0 amide bonds. The number of carbonyl (C=O) groups excluding carboxylic acids is 1. The lowest BCUT2D eigenvalue weighted by molar-refractivity contribution is -0.134. The standard InChI is InChI=1S/C9H16O2/c1-4-5-6-8(2)7-9(10)11-3/h7H,4-6H2,1-3H3/b8-7+. The summed E-state index contributed by atoms with van der Waals surface area (Å²) in [6.45, 7) is 4.08. The van der Waals surface area contributed by atoms with Gasteiger partial charge in [0.1, 0.15) is 0 Å². The number of rotatable bonds is 4. The molecular weight excluding hydrogens is 140 g/mol. The third-order valence-corrected chi connectivity index (χ3v) is 1.49. The SMILES string of the molecule is CCCC/C(C)=C/C(=O)OC. The fourth-order valence-electron chi connectivity index (χ4n) is 0.788. The highest BCUT2D eigenvalue weighted by Gasteiger charge is 1.95. The number of allylic oxidation sites excluding steroid dienone is 1. The molecule has 64 valence electrons. The molecule has 0 aromatic rings. The third kappa shape index (κ3) is 5.64. The van der Waals surface area contributed by atoms with Crippen LogP contribution in [0.3, 0.4) is 0 Å². The summed E-state index contributed by atoms with van der Waals surface area (Å²) in [5, 5.41) is 0. The van der Waals surface area contributed by atoms with Crippen molar-refractivity contribution in [2.75, 3.05) is 7.11 Å². The molecule has 0 aliphatic heterocycles. The van der Waals surface area contributed by atoms with Crippen molar-refractivity contribution in [3.8, 4) is 0 Å². The van der Waals surface area contributed by atoms with Gasteiger partial charge in [-0.1, -0.05) is 18.9 Å². The predicted octanol–water partition coefficient (Wildman–Crippen LogP) is 2.30. The maximum atomic E-state index is 10.7. The Morgan fingerprint density at radius 2 is 2.18 bits per heavy atom. The molecule has 0 aliphatic carbocycles. The number of esters is 1. The maximum Gasteiger partial charge on any atom is 0.330 e. The topological polar surface area (TPSA) is 26.3 Å². The van der Waals surface area contributed by atoms with Gasteiger partial charge in [0.05, 0.1) is 7.11 Å². The summed E-state index contributed by atoms with van der Waals surface area (Å²) in [5.74, 6) is -0.251. The summed E-state index contributed by atoms with van der Waals surface area (Å²) in [5.41, 5.74) is 1.10. The van der Waals surface area contributed by atoms with Crippen molar-refractivity contribution in [3.05, 3.63) is 11.6 Å². The average Bonchev–Trinajstić information content (AvgIpc) is 2.00. The Morgan fingerprint density at radius 1 is 1.55 bits per heavy atom. The molecule has 0 atom stereocenters. The zero-order valence-corrected chi connectivity index (χ0v) is 7.52. The van der Waals surface area contributed by atoms with Gasteiger partial charge in [-0.15, -0.1) is 0 Å². The van der Waals surface area contributed by atoms with E-state index in [-0.39, 0.29) is 5.97 Å². The van der Waals surface area contributed by atoms with Crippen LogP contribution < -0.4 is 0 Å². The van der Waals surface area contributed by atoms with Crippen LogP contribution >= 0.6 is 0 Å². The maximum absolute atomic E-state index is 10.7. The number of hydrogen-bond donors (Lipinski definition) is 0. The quantitative estimate of drug-likeness (QED) is 0.461. The number of hydrogen-bond acceptors (Lipinski definition) is 2. The molecule has 0 unspecified atom stereocenters. The fraction of sp³-hybridized carbons (Fsp3) is 0.667. The van der Waals surface area contributed by atoms with Crippen molar-refractivity contribution in [1.82, 2.24) is 0 Å². The molecule has 0 aromatic heterocycles. The normalized spacial score (nSPS) is 11.4. The van der Waals surface area contributed by atoms with E-state index in [1.54, 1.807) is 6.08 Å². The summed E-state index contributed by atoms with van der Waals surface area (Å²) in [7, 11) is 1.39. The molecule has 0 radical (unpaired) electrons. The van der Waals surface area contributed by atoms with Crippen LogP contribution in [-0.2, 0) is 9.53 Å². The molecule has 0 spiro atoms. The minimum absolute atomic E-state index is 0.251. The van der Waals surface area contributed by atoms with Crippen LogP contribution in [-0.4, -0.2) is 13.1 Å². The molecule has 0 saturated carbocycles. The van der Waals surface area contributed by atoms with Crippen molar-refractivity contribution >= 4 is 5.97 Å². The van der Waals surface area contributed by atoms with Gasteiger partial charge in [0.2, 0.25) is 0 Å². The smallest absolute Gasteiger partial charge is 0.330 e. The molecule has 0 aromatic carbocycles. The predicted molar refractivity (Wildman–Crippen MR) is 45.3 cm³/mol. The van der Waals surface area contributed by atoms with E-state index in [1.807, 2.05) is 6.92 Å². The molecule has 0 aliphatic rings. The number of unbranched alkanes of at least 4 members (excludes halogenated alkanes) is 1. The van der Waals surface area contributed by atoms with Crippen LogP contribution in [0.5, 0.6) is 0 Å². The van der Waals surface area contributed by atoms with Crippen molar-refractivity contribution in [1.29, 1.82) is 0 Å². The van der Waals surface area contributed by atoms with Gasteiger partial charge in [-0.2, -0.15) is 0 Å². The van der Waals surface area contributed by atoms with Crippen molar-refractivity contribution in [2.45, 2.75) is 33.1 Å². The Kier molecular flexibility index (Phi) is 5.53. The minimum Gasteiger partial charge on any atom is -0.466 e. The van der Waals surface area contributed by atoms with Gasteiger partial charge >= 0.3 is 5.97 Å². The Bertz CT molecular complexity index is 148. The first-order valence-corrected chi connectivity index (χ1v) is 3.95. The van der Waals surface area contributed by atoms with E-state index in [2.05, 4.69) is 11.7 Å². The van der Waals surface area contributed by atoms with E-state index in [0.717, 1.165) is 24.8 Å². The van der Waals surface area contributed by atoms with Crippen LogP contribution in [0.25, 0.3) is 0 Å². The first-order chi connectivity index (χ1) is 5.20. The van der Waals surface area contributed by atoms with Crippen molar-refractivity contribution in [3.63, 3.8) is 0 Å². The molecule has 2 heteroatoms. The minimum atomic E-state index is -0.251. The van der Waals surface area contributed by atoms with Gasteiger partial charge in [0.15, 0.2) is 0 Å². The average molecular weight is 156 g/mol. The van der Waals surface area contributed by atoms with Gasteiger partial charge in [-0.05, 0) is 19.8 Å². The molecule has 0 rings (SSSR count). The van der Waals surface area contributed by atoms with Crippen LogP contribution in [0, 0.1) is 0 Å². The summed E-state index contributed by atoms with van der Waals surface area (Å²) in [6, 6.07) is 0. The number of methoxy groups -OCH3 is 1. The van der Waals surface area contributed by atoms with Crippen LogP contribution in [0.2, 0.25) is 0 Å². The lowest BCUT2D eigenvalue weighted by Crippen LogP contribution is -1.95. The van der Waals surface area contributed by atoms with Crippen molar-refractivity contribution in [2.24, 2.45) is 0 Å². The van der Waals surface area contributed by atoms with Gasteiger partial charge < -0.3 is 4.74 Å². The summed E-state index contributed by atoms with van der Waals surface area (Å²) in [4.78, 5) is 10.7. The van der Waals surface area contributed by atoms with E-state index in [1.165, 1.54) is 7.11 Å². The number of ether oxygens (including phenoxy) is 1. The lowest BCUT2D eigenvalue weighted by Gasteiger charge is -1.97. The van der Waals surface area contributed by atoms with E-state index in [0.29, 0.717) is 0 Å². The molecule has 0 N–H and O–H groups in total. The summed E-state index contributed by atoms with van der Waals surface area (Å²) in [6.07, 6.45) is 4.84. The first kappa shape index (κ1) is 10.2. The summed E-state index contributed by atoms with van der Waals surface area (Å²) >= 11 is 0. The molecule has 2 nitrogen and oxygen atoms in total. The van der Waals surface area contributed by atoms with Crippen LogP contribution in [0.4, 0.5) is 0 Å². The zero-order chi connectivity index (χ0) is 8.69. The van der Waals surface area contributed by atoms with E-state index >= 15 is 0 Å². The van der Waals surface area contributed by atoms with Crippen LogP contribution in [0.1, 0.15) is 33.1 Å². The highest BCUT2D eigenvalue weighted by atomic mass is 16.5.